The number of aryl methyl sites for hydroxylation is 3. The zero-order valence-corrected chi connectivity index (χ0v) is 30.9. The number of ether oxygens (including phenoxy) is 2. The molecule has 1 unspecified atom stereocenters. The van der Waals surface area contributed by atoms with Gasteiger partial charge in [0.2, 0.25) is 5.91 Å². The standard InChI is InChI=1S/C21H27FO2.C17H26N3O3.Fe/c1-7-24-20(23)9-8-19(22)13-18(10-14(2)3)21-16(5)11-15(4)12-17(21)6;1-12(2)8-15(17(18)22)20-9-13(4-5-16(20)21)6-7-19-10-14(11-19)23-3;/h10-13H,2,7-9H2,1,3-6H3;5,9,12,14-15H,6-8,10-11H2,1-3H3,(H2,18,22);/q;-1;/b18-10+,19-13-;;. The molecule has 2 N–H and O–H groups in total. The van der Waals surface area contributed by atoms with Gasteiger partial charge >= 0.3 is 5.97 Å². The summed E-state index contributed by atoms with van der Waals surface area (Å²) in [4.78, 5) is 37.5. The number of halogens is 1. The second-order valence-electron chi connectivity index (χ2n) is 12.7. The van der Waals surface area contributed by atoms with E-state index in [2.05, 4.69) is 29.7 Å². The number of aromatic nitrogens is 1. The van der Waals surface area contributed by atoms with Gasteiger partial charge in [0.15, 0.2) is 0 Å². The number of pyridine rings is 1. The van der Waals surface area contributed by atoms with Crippen molar-refractivity contribution in [3.05, 3.63) is 98.8 Å². The van der Waals surface area contributed by atoms with Gasteiger partial charge in [-0.1, -0.05) is 56.0 Å². The Morgan fingerprint density at radius 2 is 1.77 bits per heavy atom. The number of primary amides is 1. The first-order valence-corrected chi connectivity index (χ1v) is 16.3. The summed E-state index contributed by atoms with van der Waals surface area (Å²) in [7, 11) is 1.73. The van der Waals surface area contributed by atoms with Crippen molar-refractivity contribution >= 4 is 17.4 Å². The van der Waals surface area contributed by atoms with Gasteiger partial charge in [0.1, 0.15) is 11.4 Å². The van der Waals surface area contributed by atoms with Crippen LogP contribution in [-0.2, 0) is 42.6 Å². The second kappa shape index (κ2) is 20.9. The Labute approximate surface area is 296 Å². The molecule has 0 aliphatic carbocycles. The molecule has 1 amide bonds. The molecule has 2 heterocycles. The summed E-state index contributed by atoms with van der Waals surface area (Å²) in [5.74, 6) is -0.910. The molecule has 8 nitrogen and oxygen atoms in total. The number of nitrogens with zero attached hydrogens (tertiary/aromatic N) is 2. The van der Waals surface area contributed by atoms with Crippen LogP contribution in [0.1, 0.15) is 80.8 Å². The number of likely N-dealkylation sites (tertiary alicyclic amines) is 1. The molecule has 3 rings (SSSR count). The first kappa shape index (κ1) is 42.7. The first-order chi connectivity index (χ1) is 22.1. The molecule has 10 heteroatoms. The van der Waals surface area contributed by atoms with E-state index in [4.69, 9.17) is 15.2 Å². The quantitative estimate of drug-likeness (QED) is 0.100. The molecule has 1 aromatic heterocycles. The molecular weight excluding hydrogens is 653 g/mol. The minimum Gasteiger partial charge on any atom is -0.466 e. The largest absolute Gasteiger partial charge is 0.466 e. The van der Waals surface area contributed by atoms with Gasteiger partial charge < -0.3 is 24.6 Å². The number of rotatable bonds is 15. The van der Waals surface area contributed by atoms with Crippen molar-refractivity contribution in [2.75, 3.05) is 33.4 Å². The predicted octanol–water partition coefficient (Wildman–Crippen LogP) is 6.36. The molecule has 1 aromatic carbocycles. The van der Waals surface area contributed by atoms with Crippen LogP contribution in [-0.4, -0.2) is 60.8 Å². The molecule has 0 radical (unpaired) electrons. The Bertz CT molecular complexity index is 1480. The predicted molar refractivity (Wildman–Crippen MR) is 187 cm³/mol. The maximum atomic E-state index is 14.3. The van der Waals surface area contributed by atoms with E-state index in [9.17, 15) is 18.8 Å². The van der Waals surface area contributed by atoms with Crippen molar-refractivity contribution in [3.8, 4) is 0 Å². The normalized spacial score (nSPS) is 14.4. The van der Waals surface area contributed by atoms with Gasteiger partial charge in [0, 0.05) is 50.2 Å². The van der Waals surface area contributed by atoms with Gasteiger partial charge in [0.25, 0.3) is 0 Å². The summed E-state index contributed by atoms with van der Waals surface area (Å²) >= 11 is 0. The molecular formula is C38H53FFeN3O5-. The SMILES string of the molecule is C=C(C)/C=C(\C=C(/F)CCC(=O)OCC)c1c(C)cc(C)cc1C.COC1CN(CCc2[c-]cc(=O)n(C(CC(C)C)C(N)=O)c2)C1.[Fe]. The Morgan fingerprint density at radius 1 is 1.15 bits per heavy atom. The molecule has 48 heavy (non-hydrogen) atoms. The minimum absolute atomic E-state index is 0. The Kier molecular flexibility index (Phi) is 18.6. The molecule has 1 saturated heterocycles. The fraction of sp³-hybridized carbons (Fsp3) is 0.500. The number of hydrogen-bond acceptors (Lipinski definition) is 6. The summed E-state index contributed by atoms with van der Waals surface area (Å²) in [6.07, 6.45) is 6.85. The van der Waals surface area contributed by atoms with Crippen LogP contribution in [0.3, 0.4) is 0 Å². The molecule has 1 aliphatic heterocycles. The van der Waals surface area contributed by atoms with Crippen LogP contribution in [0.5, 0.6) is 0 Å². The Hall–Kier alpha value is -3.30. The van der Waals surface area contributed by atoms with E-state index in [-0.39, 0.29) is 53.2 Å². The minimum atomic E-state index is -0.599. The number of amides is 1. The van der Waals surface area contributed by atoms with Crippen molar-refractivity contribution in [2.24, 2.45) is 11.7 Å². The topological polar surface area (TPSA) is 104 Å². The summed E-state index contributed by atoms with van der Waals surface area (Å²) in [6, 6.07) is 7.98. The summed E-state index contributed by atoms with van der Waals surface area (Å²) in [6.45, 7) is 20.7. The number of carbonyl (C=O) groups is 2. The summed E-state index contributed by atoms with van der Waals surface area (Å²) < 4.78 is 25.9. The van der Waals surface area contributed by atoms with E-state index in [1.165, 1.54) is 22.3 Å². The molecule has 0 spiro atoms. The third kappa shape index (κ3) is 14.0. The monoisotopic (exact) mass is 706 g/mol. The van der Waals surface area contributed by atoms with E-state index in [0.717, 1.165) is 59.5 Å². The van der Waals surface area contributed by atoms with E-state index in [0.29, 0.717) is 19.1 Å². The van der Waals surface area contributed by atoms with Crippen LogP contribution in [0, 0.1) is 32.8 Å². The average Bonchev–Trinajstić information content (AvgIpc) is 2.94. The van der Waals surface area contributed by atoms with E-state index >= 15 is 0 Å². The molecule has 266 valence electrons. The fourth-order valence-corrected chi connectivity index (χ4v) is 5.61. The Morgan fingerprint density at radius 3 is 2.29 bits per heavy atom. The third-order valence-electron chi connectivity index (χ3n) is 7.80. The van der Waals surface area contributed by atoms with Gasteiger partial charge in [-0.15, -0.1) is 11.6 Å². The van der Waals surface area contributed by atoms with Gasteiger partial charge in [0.05, 0.1) is 25.2 Å². The third-order valence-corrected chi connectivity index (χ3v) is 7.80. The molecule has 1 aliphatic rings. The van der Waals surface area contributed by atoms with Crippen molar-refractivity contribution in [1.82, 2.24) is 9.47 Å². The van der Waals surface area contributed by atoms with Crippen molar-refractivity contribution in [2.45, 2.75) is 86.3 Å². The van der Waals surface area contributed by atoms with Crippen LogP contribution in [0.25, 0.3) is 5.57 Å². The zero-order chi connectivity index (χ0) is 35.3. The number of benzene rings is 1. The van der Waals surface area contributed by atoms with Gasteiger partial charge in [-0.05, 0) is 81.7 Å². The maximum absolute atomic E-state index is 14.3. The van der Waals surface area contributed by atoms with E-state index in [1.807, 2.05) is 47.6 Å². The second-order valence-corrected chi connectivity index (χ2v) is 12.7. The summed E-state index contributed by atoms with van der Waals surface area (Å²) in [5, 5.41) is 0. The number of methoxy groups -OCH3 is 1. The van der Waals surface area contributed by atoms with Gasteiger partial charge in [-0.3, -0.25) is 14.5 Å². The van der Waals surface area contributed by atoms with Gasteiger partial charge in [-0.2, -0.15) is 6.07 Å². The van der Waals surface area contributed by atoms with Crippen molar-refractivity contribution in [1.29, 1.82) is 0 Å². The van der Waals surface area contributed by atoms with Crippen LogP contribution in [0.2, 0.25) is 0 Å². The number of allylic oxidation sites excluding steroid dienone is 5. The molecule has 0 bridgehead atoms. The number of hydrogen-bond donors (Lipinski definition) is 1. The number of esters is 1. The Balaban J connectivity index is 0.000000470. The van der Waals surface area contributed by atoms with Crippen molar-refractivity contribution < 1.29 is 40.5 Å². The molecule has 1 fully saturated rings. The van der Waals surface area contributed by atoms with Crippen LogP contribution < -0.4 is 11.3 Å². The smallest absolute Gasteiger partial charge is 0.306 e. The molecule has 1 atom stereocenters. The van der Waals surface area contributed by atoms with Crippen LogP contribution in [0.15, 0.2) is 59.3 Å². The van der Waals surface area contributed by atoms with E-state index < -0.39 is 11.9 Å². The fourth-order valence-electron chi connectivity index (χ4n) is 5.61. The summed E-state index contributed by atoms with van der Waals surface area (Å²) in [5.41, 5.74) is 12.2. The van der Waals surface area contributed by atoms with Crippen LogP contribution in [0.4, 0.5) is 4.39 Å². The van der Waals surface area contributed by atoms with Crippen molar-refractivity contribution in [3.63, 3.8) is 0 Å². The molecule has 0 saturated carbocycles. The van der Waals surface area contributed by atoms with E-state index in [1.54, 1.807) is 20.2 Å². The van der Waals surface area contributed by atoms with Gasteiger partial charge in [-0.25, -0.2) is 4.39 Å². The first-order valence-electron chi connectivity index (χ1n) is 16.3. The average molecular weight is 707 g/mol. The van der Waals surface area contributed by atoms with Crippen LogP contribution >= 0.6 is 0 Å². The maximum Gasteiger partial charge on any atom is 0.306 e. The number of nitrogens with two attached hydrogens (primary N) is 1. The number of carbonyl (C=O) groups excluding carboxylic acids is 2. The molecule has 2 aromatic rings. The zero-order valence-electron chi connectivity index (χ0n) is 29.8.